The summed E-state index contributed by atoms with van der Waals surface area (Å²) in [6.07, 6.45) is 1.13. The molecule has 0 aromatic heterocycles. The smallest absolute Gasteiger partial charge is 0.124 e. The van der Waals surface area contributed by atoms with Gasteiger partial charge in [-0.1, -0.05) is 66.2 Å². The zero-order chi connectivity index (χ0) is 20.1. The minimum atomic E-state index is 0.105. The summed E-state index contributed by atoms with van der Waals surface area (Å²) in [6, 6.07) is 25.4. The summed E-state index contributed by atoms with van der Waals surface area (Å²) in [5.41, 5.74) is 4.83. The molecule has 4 rings (SSSR count). The van der Waals surface area contributed by atoms with Gasteiger partial charge in [-0.25, -0.2) is 0 Å². The quantitative estimate of drug-likeness (QED) is 0.613. The molecule has 1 heterocycles. The predicted octanol–water partition coefficient (Wildman–Crippen LogP) is 5.40. The Kier molecular flexibility index (Phi) is 6.50. The fourth-order valence-electron chi connectivity index (χ4n) is 4.12. The van der Waals surface area contributed by atoms with Gasteiger partial charge >= 0.3 is 0 Å². The summed E-state index contributed by atoms with van der Waals surface area (Å²) in [7, 11) is 1.73. The molecule has 0 saturated carbocycles. The maximum absolute atomic E-state index is 6.40. The van der Waals surface area contributed by atoms with Crippen LogP contribution in [0, 0.1) is 0 Å². The Morgan fingerprint density at radius 3 is 2.41 bits per heavy atom. The normalized spacial score (nSPS) is 16.2. The first-order chi connectivity index (χ1) is 14.3. The van der Waals surface area contributed by atoms with Crippen LogP contribution in [-0.2, 0) is 0 Å². The van der Waals surface area contributed by atoms with Gasteiger partial charge in [0.05, 0.1) is 13.2 Å². The van der Waals surface area contributed by atoms with E-state index in [2.05, 4.69) is 64.8 Å². The Balaban J connectivity index is 1.75. The molecule has 4 heteroatoms. The fraction of sp³-hybridized carbons (Fsp3) is 0.280. The lowest BCUT2D eigenvalue weighted by molar-refractivity contribution is 0.236. The fourth-order valence-corrected chi connectivity index (χ4v) is 4.30. The zero-order valence-corrected chi connectivity index (χ0v) is 17.5. The molecule has 1 fully saturated rings. The third-order valence-corrected chi connectivity index (χ3v) is 5.79. The molecule has 3 aromatic carbocycles. The van der Waals surface area contributed by atoms with E-state index in [0.717, 1.165) is 48.9 Å². The Labute approximate surface area is 178 Å². The van der Waals surface area contributed by atoms with Crippen LogP contribution in [0.3, 0.4) is 0 Å². The van der Waals surface area contributed by atoms with Crippen LogP contribution in [0.25, 0.3) is 11.1 Å². The number of nitrogens with one attached hydrogen (secondary N) is 1. The van der Waals surface area contributed by atoms with Crippen molar-refractivity contribution in [2.24, 2.45) is 0 Å². The van der Waals surface area contributed by atoms with E-state index in [9.17, 15) is 0 Å². The van der Waals surface area contributed by atoms with E-state index in [-0.39, 0.29) is 6.04 Å². The maximum atomic E-state index is 6.40. The standard InChI is InChI=1S/C25H27ClN2O/c1-29-24-13-12-22(26)18-23(24)25(28-16-5-14-27-15-17-28)21-10-8-20(9-11-21)19-6-3-2-4-7-19/h2-4,6-13,18,25,27H,5,14-17H2,1H3. The average Bonchev–Trinajstić information content (AvgIpc) is 3.05. The Morgan fingerprint density at radius 2 is 1.66 bits per heavy atom. The van der Waals surface area contributed by atoms with E-state index >= 15 is 0 Å². The highest BCUT2D eigenvalue weighted by Crippen LogP contribution is 2.37. The first kappa shape index (κ1) is 20.0. The number of halogens is 1. The van der Waals surface area contributed by atoms with Crippen molar-refractivity contribution in [1.29, 1.82) is 0 Å². The number of rotatable bonds is 5. The lowest BCUT2D eigenvalue weighted by Crippen LogP contribution is -2.33. The van der Waals surface area contributed by atoms with E-state index in [1.807, 2.05) is 18.2 Å². The van der Waals surface area contributed by atoms with Gasteiger partial charge < -0.3 is 10.1 Å². The van der Waals surface area contributed by atoms with Crippen molar-refractivity contribution in [1.82, 2.24) is 10.2 Å². The monoisotopic (exact) mass is 406 g/mol. The lowest BCUT2D eigenvalue weighted by Gasteiger charge is -2.32. The van der Waals surface area contributed by atoms with Crippen LogP contribution >= 0.6 is 11.6 Å². The van der Waals surface area contributed by atoms with Gasteiger partial charge in [0, 0.05) is 30.2 Å². The topological polar surface area (TPSA) is 24.5 Å². The molecule has 1 aliphatic rings. The summed E-state index contributed by atoms with van der Waals surface area (Å²) >= 11 is 6.40. The average molecular weight is 407 g/mol. The van der Waals surface area contributed by atoms with E-state index in [1.165, 1.54) is 16.7 Å². The van der Waals surface area contributed by atoms with Crippen LogP contribution < -0.4 is 10.1 Å². The molecule has 1 unspecified atom stereocenters. The molecule has 0 amide bonds. The van der Waals surface area contributed by atoms with Gasteiger partial charge in [-0.15, -0.1) is 0 Å². The number of hydrogen-bond acceptors (Lipinski definition) is 3. The van der Waals surface area contributed by atoms with Crippen molar-refractivity contribution in [3.05, 3.63) is 88.9 Å². The SMILES string of the molecule is COc1ccc(Cl)cc1C(c1ccc(-c2ccccc2)cc1)N1CCCNCC1. The van der Waals surface area contributed by atoms with Crippen LogP contribution in [0.5, 0.6) is 5.75 Å². The predicted molar refractivity (Wildman–Crippen MR) is 121 cm³/mol. The number of ether oxygens (including phenoxy) is 1. The van der Waals surface area contributed by atoms with Crippen molar-refractivity contribution < 1.29 is 4.74 Å². The third-order valence-electron chi connectivity index (χ3n) is 5.56. The lowest BCUT2D eigenvalue weighted by atomic mass is 9.94. The van der Waals surface area contributed by atoms with Crippen LogP contribution in [0.4, 0.5) is 0 Å². The van der Waals surface area contributed by atoms with Gasteiger partial charge in [-0.3, -0.25) is 4.90 Å². The molecule has 0 radical (unpaired) electrons. The molecule has 29 heavy (non-hydrogen) atoms. The summed E-state index contributed by atoms with van der Waals surface area (Å²) in [5.74, 6) is 0.878. The van der Waals surface area contributed by atoms with Gasteiger partial charge in [0.2, 0.25) is 0 Å². The highest BCUT2D eigenvalue weighted by atomic mass is 35.5. The summed E-state index contributed by atoms with van der Waals surface area (Å²) in [4.78, 5) is 2.53. The van der Waals surface area contributed by atoms with E-state index in [4.69, 9.17) is 16.3 Å². The van der Waals surface area contributed by atoms with Gasteiger partial charge in [-0.2, -0.15) is 0 Å². The molecular weight excluding hydrogens is 380 g/mol. The second-order valence-corrected chi connectivity index (χ2v) is 7.85. The summed E-state index contributed by atoms with van der Waals surface area (Å²) in [6.45, 7) is 4.07. The van der Waals surface area contributed by atoms with Crippen molar-refractivity contribution in [2.45, 2.75) is 12.5 Å². The number of hydrogen-bond donors (Lipinski definition) is 1. The van der Waals surface area contributed by atoms with E-state index in [1.54, 1.807) is 7.11 Å². The molecule has 3 aromatic rings. The minimum absolute atomic E-state index is 0.105. The molecule has 0 aliphatic carbocycles. The number of nitrogens with zero attached hydrogens (tertiary/aromatic N) is 1. The van der Waals surface area contributed by atoms with Crippen LogP contribution in [0.15, 0.2) is 72.8 Å². The highest BCUT2D eigenvalue weighted by molar-refractivity contribution is 6.30. The van der Waals surface area contributed by atoms with Gasteiger partial charge in [0.15, 0.2) is 0 Å². The zero-order valence-electron chi connectivity index (χ0n) is 16.8. The van der Waals surface area contributed by atoms with Crippen LogP contribution in [-0.4, -0.2) is 38.2 Å². The Morgan fingerprint density at radius 1 is 0.897 bits per heavy atom. The van der Waals surface area contributed by atoms with E-state index < -0.39 is 0 Å². The van der Waals surface area contributed by atoms with Crippen LogP contribution in [0.2, 0.25) is 5.02 Å². The second-order valence-electron chi connectivity index (χ2n) is 7.42. The maximum Gasteiger partial charge on any atom is 0.124 e. The molecular formula is C25H27ClN2O. The van der Waals surface area contributed by atoms with E-state index in [0.29, 0.717) is 0 Å². The number of methoxy groups -OCH3 is 1. The highest BCUT2D eigenvalue weighted by Gasteiger charge is 2.26. The van der Waals surface area contributed by atoms with Crippen LogP contribution in [0.1, 0.15) is 23.6 Å². The van der Waals surface area contributed by atoms with Crippen molar-refractivity contribution in [3.8, 4) is 16.9 Å². The summed E-state index contributed by atoms with van der Waals surface area (Å²) in [5, 5.41) is 4.24. The summed E-state index contributed by atoms with van der Waals surface area (Å²) < 4.78 is 5.72. The largest absolute Gasteiger partial charge is 0.496 e. The van der Waals surface area contributed by atoms with Gasteiger partial charge in [-0.05, 0) is 47.9 Å². The number of benzene rings is 3. The molecule has 0 bridgehead atoms. The first-order valence-corrected chi connectivity index (χ1v) is 10.6. The minimum Gasteiger partial charge on any atom is -0.496 e. The second kappa shape index (κ2) is 9.45. The molecule has 0 spiro atoms. The van der Waals surface area contributed by atoms with Gasteiger partial charge in [0.25, 0.3) is 0 Å². The molecule has 1 aliphatic heterocycles. The Bertz CT molecular complexity index is 919. The molecule has 150 valence electrons. The van der Waals surface area contributed by atoms with Gasteiger partial charge in [0.1, 0.15) is 5.75 Å². The molecule has 1 N–H and O–H groups in total. The van der Waals surface area contributed by atoms with Crippen molar-refractivity contribution in [3.63, 3.8) is 0 Å². The Hall–Kier alpha value is -2.33. The molecule has 3 nitrogen and oxygen atoms in total. The first-order valence-electron chi connectivity index (χ1n) is 10.2. The van der Waals surface area contributed by atoms with Crippen molar-refractivity contribution >= 4 is 11.6 Å². The molecule has 1 saturated heterocycles. The van der Waals surface area contributed by atoms with Crippen molar-refractivity contribution in [2.75, 3.05) is 33.3 Å². The third kappa shape index (κ3) is 4.64. The molecule has 1 atom stereocenters.